The predicted octanol–water partition coefficient (Wildman–Crippen LogP) is 8.11. The van der Waals surface area contributed by atoms with Crippen LogP contribution >= 0.6 is 34.8 Å². The third-order valence-electron chi connectivity index (χ3n) is 7.25. The number of fused-ring (bicyclic) bond motifs is 1. The van der Waals surface area contributed by atoms with Gasteiger partial charge in [0.25, 0.3) is 0 Å². The van der Waals surface area contributed by atoms with Gasteiger partial charge in [-0.1, -0.05) is 52.1 Å². The fraction of sp³-hybridized carbons (Fsp3) is 0.267. The van der Waals surface area contributed by atoms with Crippen molar-refractivity contribution in [2.75, 3.05) is 18.6 Å². The number of halogens is 3. The highest BCUT2D eigenvalue weighted by Crippen LogP contribution is 2.46. The van der Waals surface area contributed by atoms with Crippen LogP contribution in [-0.4, -0.2) is 24.8 Å². The minimum Gasteiger partial charge on any atom is -0.489 e. The van der Waals surface area contributed by atoms with Gasteiger partial charge in [-0.15, -0.1) is 0 Å². The summed E-state index contributed by atoms with van der Waals surface area (Å²) >= 11 is 19.7. The van der Waals surface area contributed by atoms with Crippen LogP contribution in [0.25, 0.3) is 11.3 Å². The molecule has 1 fully saturated rings. The van der Waals surface area contributed by atoms with Crippen LogP contribution in [-0.2, 0) is 24.3 Å². The predicted molar refractivity (Wildman–Crippen MR) is 152 cm³/mol. The highest BCUT2D eigenvalue weighted by molar-refractivity contribution is 6.39. The Labute approximate surface area is 241 Å². The zero-order valence-corrected chi connectivity index (χ0v) is 23.4. The third-order valence-corrected chi connectivity index (χ3v) is 8.18. The van der Waals surface area contributed by atoms with Crippen LogP contribution in [0.3, 0.4) is 0 Å². The molecule has 0 bridgehead atoms. The second-order valence-corrected chi connectivity index (χ2v) is 11.0. The average Bonchev–Trinajstić information content (AvgIpc) is 3.71. The molecule has 1 aromatic heterocycles. The Balaban J connectivity index is 1.20. The number of benzene rings is 3. The molecule has 0 N–H and O–H groups in total. The molecular formula is C30H25Cl3N2O4. The maximum absolute atomic E-state index is 11.9. The first-order valence-corrected chi connectivity index (χ1v) is 13.9. The van der Waals surface area contributed by atoms with Gasteiger partial charge in [-0.3, -0.25) is 0 Å². The van der Waals surface area contributed by atoms with Gasteiger partial charge in [-0.05, 0) is 66.8 Å². The van der Waals surface area contributed by atoms with Crippen molar-refractivity contribution in [2.24, 2.45) is 0 Å². The number of esters is 1. The summed E-state index contributed by atoms with van der Waals surface area (Å²) in [6.07, 6.45) is 2.92. The topological polar surface area (TPSA) is 64.8 Å². The van der Waals surface area contributed by atoms with Crippen LogP contribution < -0.4 is 9.64 Å². The maximum Gasteiger partial charge on any atom is 0.337 e. The Hall–Kier alpha value is -3.19. The van der Waals surface area contributed by atoms with Crippen LogP contribution in [0.1, 0.15) is 51.6 Å². The summed E-state index contributed by atoms with van der Waals surface area (Å²) in [7, 11) is 1.39. The first-order chi connectivity index (χ1) is 18.9. The Morgan fingerprint density at radius 1 is 1.03 bits per heavy atom. The molecule has 1 aliphatic heterocycles. The van der Waals surface area contributed by atoms with E-state index in [0.29, 0.717) is 50.1 Å². The van der Waals surface area contributed by atoms with E-state index in [1.54, 1.807) is 24.3 Å². The number of carbonyl (C=O) groups is 1. The van der Waals surface area contributed by atoms with Crippen molar-refractivity contribution in [1.82, 2.24) is 5.16 Å². The van der Waals surface area contributed by atoms with Crippen molar-refractivity contribution in [1.29, 1.82) is 0 Å². The van der Waals surface area contributed by atoms with E-state index < -0.39 is 0 Å². The smallest absolute Gasteiger partial charge is 0.337 e. The fourth-order valence-electron chi connectivity index (χ4n) is 5.04. The minimum absolute atomic E-state index is 0.251. The normalized spacial score (nSPS) is 14.7. The van der Waals surface area contributed by atoms with E-state index in [1.807, 2.05) is 30.3 Å². The highest BCUT2D eigenvalue weighted by Gasteiger charge is 2.33. The van der Waals surface area contributed by atoms with Gasteiger partial charge in [0.1, 0.15) is 23.8 Å². The van der Waals surface area contributed by atoms with Crippen LogP contribution in [0.15, 0.2) is 59.1 Å². The number of hydrogen-bond donors (Lipinski definition) is 0. The van der Waals surface area contributed by atoms with E-state index in [4.69, 9.17) is 48.8 Å². The molecule has 4 aromatic rings. The number of carbonyl (C=O) groups excluding carboxylic acids is 1. The van der Waals surface area contributed by atoms with Crippen molar-refractivity contribution in [3.8, 4) is 17.0 Å². The summed E-state index contributed by atoms with van der Waals surface area (Å²) < 4.78 is 16.8. The number of anilines is 1. The van der Waals surface area contributed by atoms with Crippen molar-refractivity contribution < 1.29 is 18.8 Å². The van der Waals surface area contributed by atoms with E-state index in [9.17, 15) is 4.79 Å². The summed E-state index contributed by atoms with van der Waals surface area (Å²) in [6.45, 7) is 1.73. The second-order valence-electron chi connectivity index (χ2n) is 9.79. The van der Waals surface area contributed by atoms with Crippen LogP contribution in [0.4, 0.5) is 5.69 Å². The maximum atomic E-state index is 11.9. The summed E-state index contributed by atoms with van der Waals surface area (Å²) in [6, 6.07) is 16.8. The van der Waals surface area contributed by atoms with Crippen molar-refractivity contribution in [2.45, 2.75) is 38.3 Å². The highest BCUT2D eigenvalue weighted by atomic mass is 35.5. The molecule has 200 valence electrons. The first-order valence-electron chi connectivity index (χ1n) is 12.7. The lowest BCUT2D eigenvalue weighted by Gasteiger charge is -2.31. The molecule has 6 rings (SSSR count). The molecule has 1 saturated carbocycles. The van der Waals surface area contributed by atoms with Gasteiger partial charge < -0.3 is 18.9 Å². The second kappa shape index (κ2) is 10.8. The first kappa shape index (κ1) is 26.1. The van der Waals surface area contributed by atoms with Crippen LogP contribution in [0, 0.1) is 0 Å². The van der Waals surface area contributed by atoms with Gasteiger partial charge in [0.2, 0.25) is 0 Å². The minimum atomic E-state index is -0.323. The number of ether oxygens (including phenoxy) is 2. The molecule has 9 heteroatoms. The largest absolute Gasteiger partial charge is 0.489 e. The molecular weight excluding hydrogens is 559 g/mol. The van der Waals surface area contributed by atoms with Gasteiger partial charge in [0.05, 0.1) is 39.0 Å². The molecule has 0 unspecified atom stereocenters. The Kier molecular flexibility index (Phi) is 7.19. The number of hydrogen-bond acceptors (Lipinski definition) is 6. The number of nitrogens with zero attached hydrogens (tertiary/aromatic N) is 2. The van der Waals surface area contributed by atoms with E-state index >= 15 is 0 Å². The quantitative estimate of drug-likeness (QED) is 0.205. The summed E-state index contributed by atoms with van der Waals surface area (Å²) in [4.78, 5) is 14.1. The van der Waals surface area contributed by atoms with E-state index in [1.165, 1.54) is 7.11 Å². The molecule has 0 spiro atoms. The summed E-state index contributed by atoms with van der Waals surface area (Å²) in [5, 5.41) is 5.95. The molecule has 1 aliphatic carbocycles. The van der Waals surface area contributed by atoms with Crippen LogP contribution in [0.2, 0.25) is 15.1 Å². The third kappa shape index (κ3) is 5.21. The van der Waals surface area contributed by atoms with E-state index in [2.05, 4.69) is 10.1 Å². The van der Waals surface area contributed by atoms with Gasteiger partial charge in [0, 0.05) is 30.6 Å². The molecule has 0 saturated heterocycles. The molecule has 0 amide bonds. The molecule has 6 nitrogen and oxygen atoms in total. The molecule has 3 aromatic carbocycles. The van der Waals surface area contributed by atoms with Gasteiger partial charge in [-0.2, -0.15) is 0 Å². The molecule has 0 radical (unpaired) electrons. The lowest BCUT2D eigenvalue weighted by molar-refractivity contribution is 0.0600. The van der Waals surface area contributed by atoms with Crippen LogP contribution in [0.5, 0.6) is 5.75 Å². The lowest BCUT2D eigenvalue weighted by atomic mass is 9.97. The Morgan fingerprint density at radius 2 is 1.82 bits per heavy atom. The van der Waals surface area contributed by atoms with Crippen molar-refractivity contribution in [3.63, 3.8) is 0 Å². The van der Waals surface area contributed by atoms with E-state index in [0.717, 1.165) is 53.9 Å². The molecule has 2 heterocycles. The summed E-state index contributed by atoms with van der Waals surface area (Å²) in [5.41, 5.74) is 5.92. The number of rotatable bonds is 7. The Bertz CT molecular complexity index is 1540. The molecule has 2 aliphatic rings. The monoisotopic (exact) mass is 582 g/mol. The van der Waals surface area contributed by atoms with E-state index in [-0.39, 0.29) is 12.6 Å². The number of methoxy groups -OCH3 is 1. The summed E-state index contributed by atoms with van der Waals surface area (Å²) in [5.74, 6) is 1.48. The van der Waals surface area contributed by atoms with Crippen molar-refractivity contribution in [3.05, 3.63) is 97.7 Å². The number of aromatic nitrogens is 1. The van der Waals surface area contributed by atoms with Gasteiger partial charge in [0.15, 0.2) is 0 Å². The Morgan fingerprint density at radius 3 is 2.54 bits per heavy atom. The fourth-order valence-corrected chi connectivity index (χ4v) is 5.91. The SMILES string of the molecule is COC(=O)c1ccc2c(c1)CCN(c1ccc(OCc3c(-c4c(Cl)cccc4Cl)noc3C3CC3)cc1Cl)C2. The van der Waals surface area contributed by atoms with Crippen molar-refractivity contribution >= 4 is 46.5 Å². The molecule has 0 atom stereocenters. The average molecular weight is 584 g/mol. The molecule has 39 heavy (non-hydrogen) atoms. The lowest BCUT2D eigenvalue weighted by Crippen LogP contribution is -2.30. The van der Waals surface area contributed by atoms with Gasteiger partial charge >= 0.3 is 5.97 Å². The standard InChI is InChI=1S/C30H25Cl3N2O4/c1-37-30(36)19-7-8-20-15-35(12-11-18(20)13-19)26-10-9-21(14-25(26)33)38-16-22-28(34-39-29(22)17-5-6-17)27-23(31)3-2-4-24(27)32/h2-4,7-10,13-14,17H,5-6,11-12,15-16H2,1H3. The zero-order chi connectivity index (χ0) is 27.1. The zero-order valence-electron chi connectivity index (χ0n) is 21.2. The van der Waals surface area contributed by atoms with Gasteiger partial charge in [-0.25, -0.2) is 4.79 Å².